The maximum absolute atomic E-state index is 3.61. The summed E-state index contributed by atoms with van der Waals surface area (Å²) < 4.78 is 0. The smallest absolute Gasteiger partial charge is 0.0195 e. The van der Waals surface area contributed by atoms with Gasteiger partial charge in [-0.1, -0.05) is 26.7 Å². The fourth-order valence-corrected chi connectivity index (χ4v) is 2.57. The van der Waals surface area contributed by atoms with Gasteiger partial charge in [-0.25, -0.2) is 0 Å². The number of rotatable bonds is 7. The van der Waals surface area contributed by atoms with Crippen molar-refractivity contribution in [3.05, 3.63) is 0 Å². The zero-order valence-electron chi connectivity index (χ0n) is 11.6. The van der Waals surface area contributed by atoms with Crippen molar-refractivity contribution in [1.29, 1.82) is 0 Å². The Bertz CT molecular complexity index is 166. The van der Waals surface area contributed by atoms with Gasteiger partial charge in [0.15, 0.2) is 0 Å². The van der Waals surface area contributed by atoms with E-state index < -0.39 is 0 Å². The Kier molecular flexibility index (Phi) is 6.37. The third-order valence-electron chi connectivity index (χ3n) is 3.99. The Hall–Kier alpha value is -0.0800. The molecule has 0 spiro atoms. The minimum absolute atomic E-state index is 0.683. The van der Waals surface area contributed by atoms with Crippen LogP contribution < -0.4 is 5.32 Å². The molecule has 16 heavy (non-hydrogen) atoms. The third kappa shape index (κ3) is 4.42. The van der Waals surface area contributed by atoms with Crippen molar-refractivity contribution in [2.45, 2.75) is 65.5 Å². The van der Waals surface area contributed by atoms with Gasteiger partial charge >= 0.3 is 0 Å². The van der Waals surface area contributed by atoms with E-state index >= 15 is 0 Å². The van der Waals surface area contributed by atoms with E-state index in [-0.39, 0.29) is 0 Å². The fourth-order valence-electron chi connectivity index (χ4n) is 2.57. The molecule has 1 N–H and O–H groups in total. The molecule has 1 fully saturated rings. The molecule has 0 amide bonds. The largest absolute Gasteiger partial charge is 0.313 e. The van der Waals surface area contributed by atoms with E-state index in [1.54, 1.807) is 0 Å². The second-order valence-electron chi connectivity index (χ2n) is 5.52. The Morgan fingerprint density at radius 2 is 1.94 bits per heavy atom. The van der Waals surface area contributed by atoms with E-state index in [1.165, 1.54) is 45.3 Å². The summed E-state index contributed by atoms with van der Waals surface area (Å²) in [5, 5.41) is 3.61. The first-order chi connectivity index (χ1) is 7.67. The van der Waals surface area contributed by atoms with Crippen molar-refractivity contribution < 1.29 is 0 Å². The molecule has 1 aliphatic rings. The lowest BCUT2D eigenvalue weighted by atomic mass is 10.0. The average molecular weight is 226 g/mol. The van der Waals surface area contributed by atoms with E-state index in [4.69, 9.17) is 0 Å². The highest BCUT2D eigenvalue weighted by Crippen LogP contribution is 2.15. The van der Waals surface area contributed by atoms with Crippen molar-refractivity contribution in [2.24, 2.45) is 5.92 Å². The van der Waals surface area contributed by atoms with Gasteiger partial charge in [0.25, 0.3) is 0 Å². The zero-order chi connectivity index (χ0) is 12.0. The monoisotopic (exact) mass is 226 g/mol. The number of nitrogens with one attached hydrogen (secondary N) is 1. The van der Waals surface area contributed by atoms with Crippen LogP contribution in [0.4, 0.5) is 0 Å². The Morgan fingerprint density at radius 3 is 2.38 bits per heavy atom. The molecule has 0 radical (unpaired) electrons. The number of hydrogen-bond acceptors (Lipinski definition) is 2. The molecular weight excluding hydrogens is 196 g/mol. The third-order valence-corrected chi connectivity index (χ3v) is 3.99. The number of nitrogens with zero attached hydrogens (tertiary/aromatic N) is 1. The van der Waals surface area contributed by atoms with Crippen molar-refractivity contribution in [1.82, 2.24) is 10.2 Å². The molecule has 0 aromatic carbocycles. The van der Waals surface area contributed by atoms with Crippen LogP contribution in [0, 0.1) is 5.92 Å². The molecule has 1 aliphatic heterocycles. The zero-order valence-corrected chi connectivity index (χ0v) is 11.6. The second-order valence-corrected chi connectivity index (χ2v) is 5.52. The van der Waals surface area contributed by atoms with Crippen LogP contribution in [0.5, 0.6) is 0 Å². The quantitative estimate of drug-likeness (QED) is 0.718. The molecule has 1 heterocycles. The lowest BCUT2D eigenvalue weighted by molar-refractivity contribution is 0.167. The summed E-state index contributed by atoms with van der Waals surface area (Å²) in [5.41, 5.74) is 0. The average Bonchev–Trinajstić information content (AvgIpc) is 2.76. The molecule has 1 unspecified atom stereocenters. The molecule has 96 valence electrons. The molecule has 1 rings (SSSR count). The molecule has 0 aromatic rings. The van der Waals surface area contributed by atoms with E-state index in [0.717, 1.165) is 12.0 Å². The molecular formula is C14H30N2. The van der Waals surface area contributed by atoms with Gasteiger partial charge in [-0.05, 0) is 39.2 Å². The molecule has 0 aliphatic carbocycles. The Balaban J connectivity index is 2.39. The number of hydrogen-bond donors (Lipinski definition) is 1. The SMILES string of the molecule is CCC(CC)CN(CC1CCCN1)C(C)C. The Morgan fingerprint density at radius 1 is 1.25 bits per heavy atom. The van der Waals surface area contributed by atoms with Crippen molar-refractivity contribution in [3.8, 4) is 0 Å². The summed E-state index contributed by atoms with van der Waals surface area (Å²) in [6.07, 6.45) is 5.36. The van der Waals surface area contributed by atoms with E-state index in [2.05, 4.69) is 37.9 Å². The van der Waals surface area contributed by atoms with Crippen molar-refractivity contribution in [3.63, 3.8) is 0 Å². The van der Waals surface area contributed by atoms with Crippen LogP contribution in [0.1, 0.15) is 53.4 Å². The highest BCUT2D eigenvalue weighted by Gasteiger charge is 2.21. The molecule has 2 heteroatoms. The predicted molar refractivity (Wildman–Crippen MR) is 71.8 cm³/mol. The summed E-state index contributed by atoms with van der Waals surface area (Å²) in [5.74, 6) is 0.879. The first-order valence-electron chi connectivity index (χ1n) is 7.14. The summed E-state index contributed by atoms with van der Waals surface area (Å²) in [7, 11) is 0. The van der Waals surface area contributed by atoms with Crippen LogP contribution in [0.3, 0.4) is 0 Å². The van der Waals surface area contributed by atoms with Crippen LogP contribution in [-0.2, 0) is 0 Å². The fraction of sp³-hybridized carbons (Fsp3) is 1.00. The van der Waals surface area contributed by atoms with E-state index in [0.29, 0.717) is 6.04 Å². The van der Waals surface area contributed by atoms with Crippen LogP contribution in [0.15, 0.2) is 0 Å². The van der Waals surface area contributed by atoms with Crippen LogP contribution >= 0.6 is 0 Å². The first-order valence-corrected chi connectivity index (χ1v) is 7.14. The predicted octanol–water partition coefficient (Wildman–Crippen LogP) is 2.89. The normalized spacial score (nSPS) is 21.6. The minimum Gasteiger partial charge on any atom is -0.313 e. The molecule has 2 nitrogen and oxygen atoms in total. The molecule has 1 saturated heterocycles. The van der Waals surface area contributed by atoms with Gasteiger partial charge < -0.3 is 5.32 Å². The highest BCUT2D eigenvalue weighted by molar-refractivity contribution is 4.80. The molecule has 0 bridgehead atoms. The summed E-state index contributed by atoms with van der Waals surface area (Å²) in [4.78, 5) is 2.67. The van der Waals surface area contributed by atoms with Gasteiger partial charge in [0.1, 0.15) is 0 Å². The van der Waals surface area contributed by atoms with Gasteiger partial charge in [0, 0.05) is 25.2 Å². The summed E-state index contributed by atoms with van der Waals surface area (Å²) in [6.45, 7) is 13.0. The Labute approximate surface area is 102 Å². The first kappa shape index (κ1) is 14.0. The van der Waals surface area contributed by atoms with Gasteiger partial charge in [0.2, 0.25) is 0 Å². The maximum Gasteiger partial charge on any atom is 0.0195 e. The van der Waals surface area contributed by atoms with Gasteiger partial charge in [0.05, 0.1) is 0 Å². The lowest BCUT2D eigenvalue weighted by Gasteiger charge is -2.32. The standard InChI is InChI=1S/C14H30N2/c1-5-13(6-2)10-16(12(3)4)11-14-8-7-9-15-14/h12-15H,5-11H2,1-4H3. The van der Waals surface area contributed by atoms with Crippen molar-refractivity contribution in [2.75, 3.05) is 19.6 Å². The van der Waals surface area contributed by atoms with Gasteiger partial charge in [-0.15, -0.1) is 0 Å². The highest BCUT2D eigenvalue weighted by atomic mass is 15.2. The molecule has 0 saturated carbocycles. The second kappa shape index (κ2) is 7.29. The molecule has 0 aromatic heterocycles. The topological polar surface area (TPSA) is 15.3 Å². The van der Waals surface area contributed by atoms with Crippen LogP contribution in [0.2, 0.25) is 0 Å². The molecule has 1 atom stereocenters. The summed E-state index contributed by atoms with van der Waals surface area (Å²) >= 11 is 0. The maximum atomic E-state index is 3.61. The van der Waals surface area contributed by atoms with E-state index in [1.807, 2.05) is 0 Å². The lowest BCUT2D eigenvalue weighted by Crippen LogP contribution is -2.43. The minimum atomic E-state index is 0.683. The van der Waals surface area contributed by atoms with Crippen LogP contribution in [-0.4, -0.2) is 36.6 Å². The summed E-state index contributed by atoms with van der Waals surface area (Å²) in [6, 6.07) is 1.43. The van der Waals surface area contributed by atoms with Crippen LogP contribution in [0.25, 0.3) is 0 Å². The van der Waals surface area contributed by atoms with Crippen molar-refractivity contribution >= 4 is 0 Å². The van der Waals surface area contributed by atoms with Gasteiger partial charge in [-0.2, -0.15) is 0 Å². The van der Waals surface area contributed by atoms with E-state index in [9.17, 15) is 0 Å². The van der Waals surface area contributed by atoms with Gasteiger partial charge in [-0.3, -0.25) is 4.90 Å².